The third kappa shape index (κ3) is 5.87. The van der Waals surface area contributed by atoms with Gasteiger partial charge < -0.3 is 15.2 Å². The lowest BCUT2D eigenvalue weighted by molar-refractivity contribution is -0.113. The Morgan fingerprint density at radius 3 is 2.68 bits per heavy atom. The van der Waals surface area contributed by atoms with E-state index in [2.05, 4.69) is 36.8 Å². The molecule has 2 N–H and O–H groups in total. The van der Waals surface area contributed by atoms with Crippen LogP contribution in [-0.4, -0.2) is 32.3 Å². The van der Waals surface area contributed by atoms with Gasteiger partial charge in [-0.2, -0.15) is 0 Å². The van der Waals surface area contributed by atoms with Gasteiger partial charge in [0.1, 0.15) is 0 Å². The lowest BCUT2D eigenvalue weighted by Gasteiger charge is -2.14. The third-order valence-electron chi connectivity index (χ3n) is 4.51. The van der Waals surface area contributed by atoms with Crippen molar-refractivity contribution in [3.63, 3.8) is 0 Å². The zero-order chi connectivity index (χ0) is 22.5. The van der Waals surface area contributed by atoms with Gasteiger partial charge in [0.25, 0.3) is 5.91 Å². The van der Waals surface area contributed by atoms with E-state index in [1.165, 1.54) is 11.8 Å². The average molecular weight is 523 g/mol. The smallest absolute Gasteiger partial charge is 0.253 e. The van der Waals surface area contributed by atoms with Gasteiger partial charge in [0.2, 0.25) is 5.91 Å². The minimum atomic E-state index is -0.366. The van der Waals surface area contributed by atoms with E-state index < -0.39 is 0 Å². The summed E-state index contributed by atoms with van der Waals surface area (Å²) in [6.07, 6.45) is 0. The highest BCUT2D eigenvalue weighted by Crippen LogP contribution is 2.23. The summed E-state index contributed by atoms with van der Waals surface area (Å²) in [6, 6.07) is 12.2. The Labute approximate surface area is 198 Å². The molecule has 2 aromatic carbocycles. The molecule has 7 nitrogen and oxygen atoms in total. The Morgan fingerprint density at radius 1 is 1.23 bits per heavy atom. The standard InChI is InChI=1S/C21H21BrClN5O2S/c1-12-8-9-14(10-17(12)23)25-18(29)11-31-21-27-26-19(28(21)3)13(2)24-20(30)15-6-4-5-7-16(15)22/h4-10,13H,11H2,1-3H3,(H,24,30)(H,25,29)/t13-/m0/s1. The van der Waals surface area contributed by atoms with Crippen molar-refractivity contribution in [1.82, 2.24) is 20.1 Å². The van der Waals surface area contributed by atoms with Crippen LogP contribution in [0.4, 0.5) is 5.69 Å². The molecule has 2 amide bonds. The molecule has 0 saturated heterocycles. The van der Waals surface area contributed by atoms with Gasteiger partial charge in [0.05, 0.1) is 17.4 Å². The van der Waals surface area contributed by atoms with Crippen molar-refractivity contribution in [1.29, 1.82) is 0 Å². The Kier molecular flexibility index (Phi) is 7.74. The fourth-order valence-corrected chi connectivity index (χ4v) is 4.17. The number of carbonyl (C=O) groups is 2. The molecular formula is C21H21BrClN5O2S. The zero-order valence-electron chi connectivity index (χ0n) is 17.1. The van der Waals surface area contributed by atoms with Gasteiger partial charge in [0.15, 0.2) is 11.0 Å². The number of anilines is 1. The van der Waals surface area contributed by atoms with Crippen LogP contribution in [0.5, 0.6) is 0 Å². The molecule has 1 aromatic heterocycles. The molecule has 0 bridgehead atoms. The molecule has 0 aliphatic heterocycles. The van der Waals surface area contributed by atoms with Crippen LogP contribution in [-0.2, 0) is 11.8 Å². The third-order valence-corrected chi connectivity index (χ3v) is 6.63. The second-order valence-corrected chi connectivity index (χ2v) is 9.08. The second-order valence-electron chi connectivity index (χ2n) is 6.88. The number of halogens is 2. The van der Waals surface area contributed by atoms with Crippen molar-refractivity contribution >= 4 is 56.8 Å². The summed E-state index contributed by atoms with van der Waals surface area (Å²) in [5, 5.41) is 15.3. The molecule has 0 aliphatic carbocycles. The normalized spacial score (nSPS) is 11.8. The van der Waals surface area contributed by atoms with Gasteiger partial charge in [-0.25, -0.2) is 0 Å². The first-order chi connectivity index (χ1) is 14.8. The van der Waals surface area contributed by atoms with Crippen LogP contribution < -0.4 is 10.6 Å². The van der Waals surface area contributed by atoms with Gasteiger partial charge >= 0.3 is 0 Å². The lowest BCUT2D eigenvalue weighted by atomic mass is 10.2. The number of hydrogen-bond donors (Lipinski definition) is 2. The number of thioether (sulfide) groups is 1. The Bertz CT molecular complexity index is 1120. The number of hydrogen-bond acceptors (Lipinski definition) is 5. The van der Waals surface area contributed by atoms with Crippen molar-refractivity contribution < 1.29 is 9.59 Å². The summed E-state index contributed by atoms with van der Waals surface area (Å²) in [7, 11) is 1.80. The molecule has 0 unspecified atom stereocenters. The second kappa shape index (κ2) is 10.3. The minimum absolute atomic E-state index is 0.162. The molecule has 31 heavy (non-hydrogen) atoms. The van der Waals surface area contributed by atoms with E-state index in [1.807, 2.05) is 32.0 Å². The van der Waals surface area contributed by atoms with E-state index in [4.69, 9.17) is 11.6 Å². The summed E-state index contributed by atoms with van der Waals surface area (Å²) < 4.78 is 2.49. The van der Waals surface area contributed by atoms with Crippen molar-refractivity contribution in [2.75, 3.05) is 11.1 Å². The van der Waals surface area contributed by atoms with Crippen LogP contribution in [0.3, 0.4) is 0 Å². The summed E-state index contributed by atoms with van der Waals surface area (Å²) in [5.74, 6) is 0.363. The molecule has 3 rings (SSSR count). The van der Waals surface area contributed by atoms with E-state index in [0.717, 1.165) is 10.0 Å². The number of nitrogens with zero attached hydrogens (tertiary/aromatic N) is 3. The number of carbonyl (C=O) groups excluding carboxylic acids is 2. The highest BCUT2D eigenvalue weighted by Gasteiger charge is 2.20. The Morgan fingerprint density at radius 2 is 1.97 bits per heavy atom. The van der Waals surface area contributed by atoms with Crippen molar-refractivity contribution in [2.45, 2.75) is 25.0 Å². The molecular weight excluding hydrogens is 502 g/mol. The van der Waals surface area contributed by atoms with E-state index >= 15 is 0 Å². The molecule has 1 atom stereocenters. The van der Waals surface area contributed by atoms with Crippen LogP contribution >= 0.6 is 39.3 Å². The predicted molar refractivity (Wildman–Crippen MR) is 127 cm³/mol. The van der Waals surface area contributed by atoms with E-state index in [-0.39, 0.29) is 23.6 Å². The molecule has 0 saturated carbocycles. The van der Waals surface area contributed by atoms with Crippen LogP contribution in [0, 0.1) is 6.92 Å². The molecule has 1 heterocycles. The molecule has 0 spiro atoms. The summed E-state index contributed by atoms with van der Waals surface area (Å²) in [6.45, 7) is 3.73. The van der Waals surface area contributed by atoms with Gasteiger partial charge in [0, 0.05) is 22.2 Å². The fraction of sp³-hybridized carbons (Fsp3) is 0.238. The monoisotopic (exact) mass is 521 g/mol. The fourth-order valence-electron chi connectivity index (χ4n) is 2.81. The highest BCUT2D eigenvalue weighted by molar-refractivity contribution is 9.10. The van der Waals surface area contributed by atoms with Gasteiger partial charge in [-0.05, 0) is 59.6 Å². The predicted octanol–water partition coefficient (Wildman–Crippen LogP) is 4.76. The van der Waals surface area contributed by atoms with Crippen molar-refractivity contribution in [3.8, 4) is 0 Å². The number of aryl methyl sites for hydroxylation is 1. The molecule has 0 fully saturated rings. The van der Waals surface area contributed by atoms with Crippen LogP contribution in [0.1, 0.15) is 34.7 Å². The molecule has 0 aliphatic rings. The number of rotatable bonds is 7. The Hall–Kier alpha value is -2.36. The van der Waals surface area contributed by atoms with Crippen molar-refractivity contribution in [2.24, 2.45) is 7.05 Å². The van der Waals surface area contributed by atoms with Gasteiger partial charge in [-0.15, -0.1) is 10.2 Å². The summed E-state index contributed by atoms with van der Waals surface area (Å²) in [4.78, 5) is 24.8. The van der Waals surface area contributed by atoms with Crippen molar-refractivity contribution in [3.05, 3.63) is 68.9 Å². The maximum Gasteiger partial charge on any atom is 0.253 e. The molecule has 10 heteroatoms. The maximum absolute atomic E-state index is 12.5. The average Bonchev–Trinajstić information content (AvgIpc) is 3.10. The topological polar surface area (TPSA) is 88.9 Å². The Balaban J connectivity index is 1.59. The lowest BCUT2D eigenvalue weighted by Crippen LogP contribution is -2.28. The van der Waals surface area contributed by atoms with E-state index in [1.54, 1.807) is 35.9 Å². The number of benzene rings is 2. The molecule has 162 valence electrons. The minimum Gasteiger partial charge on any atom is -0.342 e. The molecule has 3 aromatic rings. The SMILES string of the molecule is Cc1ccc(NC(=O)CSc2nnc([C@H](C)NC(=O)c3ccccc3Br)n2C)cc1Cl. The first-order valence-corrected chi connectivity index (χ1v) is 11.6. The first kappa shape index (κ1) is 23.3. The quantitative estimate of drug-likeness (QED) is 0.437. The van der Waals surface area contributed by atoms with Crippen LogP contribution in [0.25, 0.3) is 0 Å². The number of amides is 2. The van der Waals surface area contributed by atoms with Gasteiger partial charge in [-0.1, -0.05) is 41.6 Å². The summed E-state index contributed by atoms with van der Waals surface area (Å²) >= 11 is 10.7. The maximum atomic E-state index is 12.5. The number of aromatic nitrogens is 3. The summed E-state index contributed by atoms with van der Waals surface area (Å²) in [5.41, 5.74) is 2.13. The van der Waals surface area contributed by atoms with Crippen LogP contribution in [0.15, 0.2) is 52.1 Å². The van der Waals surface area contributed by atoms with E-state index in [9.17, 15) is 9.59 Å². The van der Waals surface area contributed by atoms with E-state index in [0.29, 0.717) is 27.3 Å². The number of nitrogens with one attached hydrogen (secondary N) is 2. The largest absolute Gasteiger partial charge is 0.342 e. The van der Waals surface area contributed by atoms with Crippen LogP contribution in [0.2, 0.25) is 5.02 Å². The van der Waals surface area contributed by atoms with Gasteiger partial charge in [-0.3, -0.25) is 9.59 Å². The first-order valence-electron chi connectivity index (χ1n) is 9.39. The highest BCUT2D eigenvalue weighted by atomic mass is 79.9. The molecule has 0 radical (unpaired) electrons. The zero-order valence-corrected chi connectivity index (χ0v) is 20.3.